The molecule has 16 heavy (non-hydrogen) atoms. The second-order valence-corrected chi connectivity index (χ2v) is 5.02. The SMILES string of the molecule is Cc1ccc(C2=c3ccccc3=C[P]2)cc1. The van der Waals surface area contributed by atoms with Gasteiger partial charge in [-0.3, -0.25) is 0 Å². The highest BCUT2D eigenvalue weighted by atomic mass is 31.1. The third-order valence-corrected chi connectivity index (χ3v) is 4.04. The van der Waals surface area contributed by atoms with Crippen LogP contribution in [-0.2, 0) is 0 Å². The van der Waals surface area contributed by atoms with E-state index in [1.165, 1.54) is 35.5 Å². The van der Waals surface area contributed by atoms with Crippen LogP contribution in [-0.4, -0.2) is 0 Å². The van der Waals surface area contributed by atoms with Gasteiger partial charge in [-0.05, 0) is 42.6 Å². The van der Waals surface area contributed by atoms with Gasteiger partial charge in [-0.25, -0.2) is 0 Å². The van der Waals surface area contributed by atoms with Gasteiger partial charge in [-0.15, -0.1) is 0 Å². The summed E-state index contributed by atoms with van der Waals surface area (Å²) in [6, 6.07) is 17.4. The van der Waals surface area contributed by atoms with Crippen LogP contribution in [0.15, 0.2) is 48.5 Å². The smallest absolute Gasteiger partial charge is 0.0000972 e. The van der Waals surface area contributed by atoms with Crippen molar-refractivity contribution in [3.05, 3.63) is 70.1 Å². The van der Waals surface area contributed by atoms with E-state index in [9.17, 15) is 0 Å². The van der Waals surface area contributed by atoms with E-state index < -0.39 is 0 Å². The summed E-state index contributed by atoms with van der Waals surface area (Å²) in [4.78, 5) is 0. The van der Waals surface area contributed by atoms with E-state index in [-0.39, 0.29) is 0 Å². The van der Waals surface area contributed by atoms with Crippen molar-refractivity contribution < 1.29 is 0 Å². The number of benzene rings is 2. The van der Waals surface area contributed by atoms with Gasteiger partial charge in [0.15, 0.2) is 0 Å². The third kappa shape index (κ3) is 1.60. The Balaban J connectivity index is 2.24. The Bertz CT molecular complexity index is 636. The van der Waals surface area contributed by atoms with Crippen LogP contribution in [0.4, 0.5) is 0 Å². The van der Waals surface area contributed by atoms with Gasteiger partial charge in [0.05, 0.1) is 0 Å². The first-order valence-electron chi connectivity index (χ1n) is 5.42. The van der Waals surface area contributed by atoms with Crippen molar-refractivity contribution in [1.29, 1.82) is 0 Å². The minimum absolute atomic E-state index is 1.31. The standard InChI is InChI=1S/C15H12P/c1-11-6-8-12(9-7-11)15-14-5-3-2-4-13(14)10-16-15/h2-10H,1H3. The average molecular weight is 223 g/mol. The van der Waals surface area contributed by atoms with Gasteiger partial charge < -0.3 is 0 Å². The van der Waals surface area contributed by atoms with Crippen molar-refractivity contribution in [2.24, 2.45) is 0 Å². The molecule has 0 spiro atoms. The molecule has 1 heteroatoms. The van der Waals surface area contributed by atoms with Gasteiger partial charge in [0.25, 0.3) is 0 Å². The first-order valence-corrected chi connectivity index (χ1v) is 6.38. The van der Waals surface area contributed by atoms with Gasteiger partial charge in [0, 0.05) is 0 Å². The molecular formula is C15H12P. The Morgan fingerprint density at radius 1 is 0.875 bits per heavy atom. The topological polar surface area (TPSA) is 0 Å². The lowest BCUT2D eigenvalue weighted by Gasteiger charge is -2.02. The Morgan fingerprint density at radius 2 is 1.62 bits per heavy atom. The number of rotatable bonds is 1. The van der Waals surface area contributed by atoms with Gasteiger partial charge in [-0.1, -0.05) is 54.1 Å². The fraction of sp³-hybridized carbons (Fsp3) is 0.0667. The largest absolute Gasteiger partial charge is 0.0616 e. The highest BCUT2D eigenvalue weighted by molar-refractivity contribution is 7.59. The normalized spacial score (nSPS) is 14.9. The van der Waals surface area contributed by atoms with E-state index in [0.717, 1.165) is 0 Å². The first-order chi connectivity index (χ1) is 7.84. The van der Waals surface area contributed by atoms with E-state index in [4.69, 9.17) is 0 Å². The van der Waals surface area contributed by atoms with E-state index in [1.807, 2.05) is 0 Å². The van der Waals surface area contributed by atoms with Gasteiger partial charge in [0.2, 0.25) is 0 Å². The molecule has 0 saturated carbocycles. The zero-order valence-corrected chi connectivity index (χ0v) is 10.0. The van der Waals surface area contributed by atoms with Crippen LogP contribution in [0, 0.1) is 6.92 Å². The summed E-state index contributed by atoms with van der Waals surface area (Å²) in [5.41, 5.74) is 2.66. The maximum atomic E-state index is 2.28. The molecule has 77 valence electrons. The molecule has 1 heterocycles. The highest BCUT2D eigenvalue weighted by Gasteiger charge is 2.07. The Morgan fingerprint density at radius 3 is 2.44 bits per heavy atom. The molecule has 0 amide bonds. The summed E-state index contributed by atoms with van der Waals surface area (Å²) in [5.74, 6) is 2.28. The first kappa shape index (κ1) is 9.81. The molecule has 0 saturated heterocycles. The number of aryl methyl sites for hydroxylation is 1. The fourth-order valence-corrected chi connectivity index (χ4v) is 3.10. The average Bonchev–Trinajstić information content (AvgIpc) is 2.74. The number of fused-ring (bicyclic) bond motifs is 1. The molecule has 0 aliphatic carbocycles. The summed E-state index contributed by atoms with van der Waals surface area (Å²) in [5, 5.41) is 4.17. The van der Waals surface area contributed by atoms with Crippen molar-refractivity contribution >= 4 is 19.7 Å². The minimum Gasteiger partial charge on any atom is -0.0616 e. The monoisotopic (exact) mass is 223 g/mol. The maximum absolute atomic E-state index is 2.28. The zero-order chi connectivity index (χ0) is 11.0. The van der Waals surface area contributed by atoms with E-state index >= 15 is 0 Å². The molecule has 1 aliphatic heterocycles. The van der Waals surface area contributed by atoms with Crippen molar-refractivity contribution in [3.63, 3.8) is 0 Å². The second kappa shape index (κ2) is 3.88. The van der Waals surface area contributed by atoms with Crippen LogP contribution >= 0.6 is 8.58 Å². The molecule has 0 N–H and O–H groups in total. The molecule has 0 aromatic heterocycles. The fourth-order valence-electron chi connectivity index (χ4n) is 1.97. The summed E-state index contributed by atoms with van der Waals surface area (Å²) in [6.07, 6.45) is 0. The maximum Gasteiger partial charge on any atom is -0.0000972 e. The quantitative estimate of drug-likeness (QED) is 0.652. The second-order valence-electron chi connectivity index (χ2n) is 4.06. The van der Waals surface area contributed by atoms with E-state index in [0.29, 0.717) is 0 Å². The zero-order valence-electron chi connectivity index (χ0n) is 9.14. The van der Waals surface area contributed by atoms with Gasteiger partial charge in [0.1, 0.15) is 0 Å². The Kier molecular flexibility index (Phi) is 2.38. The van der Waals surface area contributed by atoms with Crippen molar-refractivity contribution in [2.75, 3.05) is 0 Å². The molecule has 0 atom stereocenters. The summed E-state index contributed by atoms with van der Waals surface area (Å²) >= 11 is 0. The van der Waals surface area contributed by atoms with Crippen molar-refractivity contribution in [3.8, 4) is 0 Å². The van der Waals surface area contributed by atoms with E-state index in [2.05, 4.69) is 61.3 Å². The molecule has 1 aliphatic rings. The summed E-state index contributed by atoms with van der Waals surface area (Å²) in [6.45, 7) is 2.13. The number of hydrogen-bond acceptors (Lipinski definition) is 0. The lowest BCUT2D eigenvalue weighted by molar-refractivity contribution is 1.45. The van der Waals surface area contributed by atoms with Crippen LogP contribution in [0.1, 0.15) is 11.1 Å². The Labute approximate surface area is 97.1 Å². The highest BCUT2D eigenvalue weighted by Crippen LogP contribution is 2.33. The van der Waals surface area contributed by atoms with Gasteiger partial charge >= 0.3 is 0 Å². The summed E-state index contributed by atoms with van der Waals surface area (Å²) < 4.78 is 0. The molecule has 2 aromatic carbocycles. The minimum atomic E-state index is 1.31. The van der Waals surface area contributed by atoms with Crippen LogP contribution in [0.2, 0.25) is 0 Å². The third-order valence-electron chi connectivity index (χ3n) is 2.87. The predicted molar refractivity (Wildman–Crippen MR) is 70.8 cm³/mol. The van der Waals surface area contributed by atoms with Crippen molar-refractivity contribution in [1.82, 2.24) is 0 Å². The molecule has 0 nitrogen and oxygen atoms in total. The molecule has 0 fully saturated rings. The molecule has 3 rings (SSSR count). The molecular weight excluding hydrogens is 211 g/mol. The molecule has 1 radical (unpaired) electrons. The van der Waals surface area contributed by atoms with E-state index in [1.54, 1.807) is 0 Å². The van der Waals surface area contributed by atoms with Gasteiger partial charge in [-0.2, -0.15) is 0 Å². The van der Waals surface area contributed by atoms with Crippen molar-refractivity contribution in [2.45, 2.75) is 6.92 Å². The molecule has 0 bridgehead atoms. The van der Waals surface area contributed by atoms with Crippen LogP contribution in [0.25, 0.3) is 11.1 Å². The van der Waals surface area contributed by atoms with Crippen LogP contribution in [0.5, 0.6) is 0 Å². The molecule has 0 unspecified atom stereocenters. The van der Waals surface area contributed by atoms with Crippen LogP contribution < -0.4 is 10.4 Å². The number of hydrogen-bond donors (Lipinski definition) is 0. The van der Waals surface area contributed by atoms with Crippen LogP contribution in [0.3, 0.4) is 0 Å². The Hall–Kier alpha value is -1.39. The lowest BCUT2D eigenvalue weighted by Crippen LogP contribution is -2.21. The predicted octanol–water partition coefficient (Wildman–Crippen LogP) is 2.85. The molecule has 2 aromatic rings. The summed E-state index contributed by atoms with van der Waals surface area (Å²) in [7, 11) is 1.31. The lowest BCUT2D eigenvalue weighted by atomic mass is 10.1.